The van der Waals surface area contributed by atoms with Crippen LogP contribution in [0.5, 0.6) is 0 Å². The normalized spacial score (nSPS) is 15.9. The molecule has 0 unspecified atom stereocenters. The zero-order valence-electron chi connectivity index (χ0n) is 17.2. The van der Waals surface area contributed by atoms with Gasteiger partial charge in [-0.25, -0.2) is 14.4 Å². The molecule has 0 saturated carbocycles. The van der Waals surface area contributed by atoms with E-state index >= 15 is 0 Å². The second-order valence-corrected chi connectivity index (χ2v) is 7.51. The van der Waals surface area contributed by atoms with Crippen molar-refractivity contribution in [3.63, 3.8) is 0 Å². The summed E-state index contributed by atoms with van der Waals surface area (Å²) < 4.78 is 21.5. The number of nitrogens with zero attached hydrogens (tertiary/aromatic N) is 6. The van der Waals surface area contributed by atoms with Crippen molar-refractivity contribution in [3.8, 4) is 0 Å². The summed E-state index contributed by atoms with van der Waals surface area (Å²) >= 11 is 0. The van der Waals surface area contributed by atoms with E-state index in [-0.39, 0.29) is 17.0 Å². The van der Waals surface area contributed by atoms with Crippen molar-refractivity contribution in [2.75, 3.05) is 11.4 Å². The van der Waals surface area contributed by atoms with Crippen LogP contribution in [0, 0.1) is 5.41 Å². The van der Waals surface area contributed by atoms with Crippen LogP contribution in [0.4, 0.5) is 10.2 Å². The highest BCUT2D eigenvalue weighted by molar-refractivity contribution is 6.13. The number of hydrogen-bond donors (Lipinski definition) is 2. The van der Waals surface area contributed by atoms with Crippen molar-refractivity contribution in [3.05, 3.63) is 88.5 Å². The summed E-state index contributed by atoms with van der Waals surface area (Å²) in [5.74, 6) is 1.05. The van der Waals surface area contributed by atoms with Gasteiger partial charge in [-0.1, -0.05) is 10.9 Å². The fourth-order valence-corrected chi connectivity index (χ4v) is 3.71. The fraction of sp³-hybridized carbons (Fsp3) is 0.182. The van der Waals surface area contributed by atoms with Gasteiger partial charge in [0.25, 0.3) is 0 Å². The molecular weight excluding hydrogens is 411 g/mol. The molecule has 3 aromatic heterocycles. The SMILES string of the molecule is Cn1cc(C2=C(F)C=C=C(N)C(C(=N)c3cc(N4CCc5oncc5C4)ncn3)=C2)cn1. The van der Waals surface area contributed by atoms with Crippen LogP contribution < -0.4 is 10.6 Å². The van der Waals surface area contributed by atoms with Crippen molar-refractivity contribution in [2.24, 2.45) is 12.8 Å². The van der Waals surface area contributed by atoms with Crippen LogP contribution in [0.1, 0.15) is 22.6 Å². The predicted molar refractivity (Wildman–Crippen MR) is 115 cm³/mol. The number of nitrogens with two attached hydrogens (primary N) is 1. The van der Waals surface area contributed by atoms with Gasteiger partial charge in [0.05, 0.1) is 29.5 Å². The minimum absolute atomic E-state index is 0.0471. The molecule has 9 nitrogen and oxygen atoms in total. The first-order chi connectivity index (χ1) is 15.5. The third-order valence-electron chi connectivity index (χ3n) is 5.41. The van der Waals surface area contributed by atoms with Gasteiger partial charge in [0.2, 0.25) is 0 Å². The van der Waals surface area contributed by atoms with E-state index in [2.05, 4.69) is 30.9 Å². The smallest absolute Gasteiger partial charge is 0.143 e. The van der Waals surface area contributed by atoms with Gasteiger partial charge >= 0.3 is 0 Å². The Labute approximate surface area is 182 Å². The second-order valence-electron chi connectivity index (χ2n) is 7.51. The van der Waals surface area contributed by atoms with Crippen LogP contribution in [0.25, 0.3) is 5.57 Å². The van der Waals surface area contributed by atoms with E-state index in [1.807, 2.05) is 0 Å². The zero-order valence-corrected chi connectivity index (χ0v) is 17.2. The molecule has 1 aliphatic carbocycles. The molecule has 0 amide bonds. The fourth-order valence-electron chi connectivity index (χ4n) is 3.71. The molecule has 32 heavy (non-hydrogen) atoms. The lowest BCUT2D eigenvalue weighted by molar-refractivity contribution is 0.377. The van der Waals surface area contributed by atoms with Crippen molar-refractivity contribution >= 4 is 17.1 Å². The van der Waals surface area contributed by atoms with Gasteiger partial charge in [-0.3, -0.25) is 10.1 Å². The highest BCUT2D eigenvalue weighted by Gasteiger charge is 2.23. The molecule has 3 aromatic rings. The van der Waals surface area contributed by atoms with E-state index in [4.69, 9.17) is 15.7 Å². The summed E-state index contributed by atoms with van der Waals surface area (Å²) in [6.45, 7) is 1.31. The van der Waals surface area contributed by atoms with Crippen molar-refractivity contribution in [1.82, 2.24) is 24.9 Å². The molecule has 3 N–H and O–H groups in total. The Balaban J connectivity index is 1.48. The molecule has 0 spiro atoms. The van der Waals surface area contributed by atoms with E-state index in [1.54, 1.807) is 36.4 Å². The molecule has 160 valence electrons. The Hall–Kier alpha value is -4.30. The van der Waals surface area contributed by atoms with Gasteiger partial charge in [-0.2, -0.15) is 5.10 Å². The second kappa shape index (κ2) is 7.75. The number of hydrogen-bond acceptors (Lipinski definition) is 8. The summed E-state index contributed by atoms with van der Waals surface area (Å²) in [4.78, 5) is 10.7. The average Bonchev–Trinajstić information content (AvgIpc) is 3.42. The minimum Gasteiger partial charge on any atom is -0.392 e. The number of aryl methyl sites for hydroxylation is 1. The van der Waals surface area contributed by atoms with E-state index in [1.165, 1.54) is 18.5 Å². The summed E-state index contributed by atoms with van der Waals surface area (Å²) in [5, 5.41) is 16.7. The van der Waals surface area contributed by atoms with Gasteiger partial charge in [0.1, 0.15) is 23.7 Å². The zero-order chi connectivity index (χ0) is 22.2. The monoisotopic (exact) mass is 430 g/mol. The number of nitrogens with one attached hydrogen (secondary N) is 1. The largest absolute Gasteiger partial charge is 0.392 e. The molecule has 0 atom stereocenters. The molecule has 1 aliphatic heterocycles. The third-order valence-corrected chi connectivity index (χ3v) is 5.41. The Morgan fingerprint density at radius 3 is 3.00 bits per heavy atom. The number of aromatic nitrogens is 5. The van der Waals surface area contributed by atoms with Gasteiger partial charge in [0, 0.05) is 67.2 Å². The Kier molecular flexibility index (Phi) is 4.76. The lowest BCUT2D eigenvalue weighted by Crippen LogP contribution is -2.30. The van der Waals surface area contributed by atoms with Crippen molar-refractivity contribution in [1.29, 1.82) is 5.41 Å². The van der Waals surface area contributed by atoms with Gasteiger partial charge in [-0.15, -0.1) is 0 Å². The van der Waals surface area contributed by atoms with E-state index in [9.17, 15) is 4.39 Å². The van der Waals surface area contributed by atoms with Crippen LogP contribution in [0.3, 0.4) is 0 Å². The van der Waals surface area contributed by atoms with Crippen LogP contribution in [-0.2, 0) is 20.0 Å². The lowest BCUT2D eigenvalue weighted by Gasteiger charge is -2.26. The topological polar surface area (TPSA) is 123 Å². The van der Waals surface area contributed by atoms with Crippen molar-refractivity contribution < 1.29 is 8.91 Å². The maximum atomic E-state index is 14.7. The van der Waals surface area contributed by atoms with Crippen LogP contribution >= 0.6 is 0 Å². The number of anilines is 1. The Morgan fingerprint density at radius 1 is 1.31 bits per heavy atom. The molecule has 2 aliphatic rings. The molecule has 4 heterocycles. The molecule has 10 heteroatoms. The van der Waals surface area contributed by atoms with E-state index in [0.717, 1.165) is 17.7 Å². The molecular formula is C22H19FN8O. The predicted octanol–water partition coefficient (Wildman–Crippen LogP) is 2.45. The maximum absolute atomic E-state index is 14.7. The van der Waals surface area contributed by atoms with E-state index in [0.29, 0.717) is 35.7 Å². The quantitative estimate of drug-likeness (QED) is 0.481. The number of rotatable bonds is 4. The molecule has 5 rings (SSSR count). The Bertz CT molecular complexity index is 1360. The average molecular weight is 430 g/mol. The van der Waals surface area contributed by atoms with E-state index < -0.39 is 5.83 Å². The maximum Gasteiger partial charge on any atom is 0.143 e. The summed E-state index contributed by atoms with van der Waals surface area (Å²) in [5.41, 5.74) is 11.6. The highest BCUT2D eigenvalue weighted by Crippen LogP contribution is 2.28. The van der Waals surface area contributed by atoms with Crippen LogP contribution in [0.15, 0.2) is 70.5 Å². The van der Waals surface area contributed by atoms with Gasteiger partial charge in [0.15, 0.2) is 0 Å². The summed E-state index contributed by atoms with van der Waals surface area (Å²) in [6, 6.07) is 1.73. The lowest BCUT2D eigenvalue weighted by atomic mass is 9.99. The molecule has 0 aromatic carbocycles. The molecule has 0 fully saturated rings. The molecule has 0 radical (unpaired) electrons. The van der Waals surface area contributed by atoms with Crippen LogP contribution in [-0.4, -0.2) is 37.2 Å². The third kappa shape index (κ3) is 3.52. The highest BCUT2D eigenvalue weighted by atomic mass is 19.1. The van der Waals surface area contributed by atoms with Gasteiger partial charge < -0.3 is 15.2 Å². The summed E-state index contributed by atoms with van der Waals surface area (Å²) in [6.07, 6.45) is 9.79. The van der Waals surface area contributed by atoms with Crippen LogP contribution in [0.2, 0.25) is 0 Å². The number of halogens is 1. The first kappa shape index (κ1) is 19.7. The number of fused-ring (bicyclic) bond motifs is 1. The molecule has 0 saturated heterocycles. The first-order valence-electron chi connectivity index (χ1n) is 9.91. The number of allylic oxidation sites excluding steroid dienone is 4. The minimum atomic E-state index is -0.509. The van der Waals surface area contributed by atoms with Gasteiger partial charge in [-0.05, 0) is 6.08 Å². The first-order valence-corrected chi connectivity index (χ1v) is 9.91. The summed E-state index contributed by atoms with van der Waals surface area (Å²) in [7, 11) is 1.75. The van der Waals surface area contributed by atoms with Crippen molar-refractivity contribution in [2.45, 2.75) is 13.0 Å². The molecule has 0 bridgehead atoms. The standard InChI is InChI=1S/C22H19FN8O/c1-30-10-13(8-28-30)15-6-16(18(24)3-2-17(15)23)22(25)19-7-21(27-12-26-19)31-5-4-20-14(11-31)9-29-32-20/h2,6-10,12,25H,4-5,11,24H2,1H3. The Morgan fingerprint density at radius 2 is 2.19 bits per heavy atom.